The van der Waals surface area contributed by atoms with E-state index in [-0.39, 0.29) is 0 Å². The minimum atomic E-state index is 0.561. The third kappa shape index (κ3) is 4.74. The fourth-order valence-corrected chi connectivity index (χ4v) is 2.20. The summed E-state index contributed by atoms with van der Waals surface area (Å²) in [7, 11) is 1.75. The maximum atomic E-state index is 4.99. The second-order valence-corrected chi connectivity index (χ2v) is 4.52. The molecule has 14 heavy (non-hydrogen) atoms. The molecule has 0 spiro atoms. The van der Waals surface area contributed by atoms with E-state index < -0.39 is 0 Å². The van der Waals surface area contributed by atoms with Crippen LogP contribution in [0, 0.1) is 0 Å². The van der Waals surface area contributed by atoms with Gasteiger partial charge in [0.05, 0.1) is 0 Å². The second kappa shape index (κ2) is 6.98. The van der Waals surface area contributed by atoms with Crippen molar-refractivity contribution in [2.45, 2.75) is 25.8 Å². The molecule has 1 atom stereocenters. The zero-order chi connectivity index (χ0) is 10.2. The van der Waals surface area contributed by atoms with Gasteiger partial charge in [0.15, 0.2) is 0 Å². The summed E-state index contributed by atoms with van der Waals surface area (Å²) in [5, 5.41) is 5.61. The van der Waals surface area contributed by atoms with Crippen molar-refractivity contribution in [2.75, 3.05) is 20.3 Å². The Morgan fingerprint density at radius 2 is 2.43 bits per heavy atom. The summed E-state index contributed by atoms with van der Waals surface area (Å²) in [5.41, 5.74) is 0. The van der Waals surface area contributed by atoms with Crippen LogP contribution in [0.25, 0.3) is 0 Å². The van der Waals surface area contributed by atoms with Gasteiger partial charge in [-0.15, -0.1) is 11.3 Å². The Labute approximate surface area is 90.3 Å². The number of methoxy groups -OCH3 is 1. The summed E-state index contributed by atoms with van der Waals surface area (Å²) in [6.45, 7) is 4.12. The van der Waals surface area contributed by atoms with E-state index in [1.807, 2.05) is 11.3 Å². The molecule has 0 bridgehead atoms. The lowest BCUT2D eigenvalue weighted by Gasteiger charge is -2.12. The molecule has 0 aromatic carbocycles. The van der Waals surface area contributed by atoms with Crippen LogP contribution in [-0.2, 0) is 11.2 Å². The molecule has 1 aromatic heterocycles. The molecule has 1 N–H and O–H groups in total. The number of rotatable bonds is 7. The first kappa shape index (κ1) is 11.7. The van der Waals surface area contributed by atoms with E-state index in [2.05, 4.69) is 29.8 Å². The van der Waals surface area contributed by atoms with Gasteiger partial charge >= 0.3 is 0 Å². The topological polar surface area (TPSA) is 21.3 Å². The molecule has 0 saturated heterocycles. The van der Waals surface area contributed by atoms with E-state index in [4.69, 9.17) is 4.74 Å². The summed E-state index contributed by atoms with van der Waals surface area (Å²) in [6.07, 6.45) is 2.22. The van der Waals surface area contributed by atoms with Gasteiger partial charge in [0.25, 0.3) is 0 Å². The maximum Gasteiger partial charge on any atom is 0.0474 e. The van der Waals surface area contributed by atoms with Crippen molar-refractivity contribution in [3.8, 4) is 0 Å². The predicted octanol–water partition coefficient (Wildman–Crippen LogP) is 2.31. The molecular weight excluding hydrogens is 194 g/mol. The van der Waals surface area contributed by atoms with Crippen LogP contribution in [0.15, 0.2) is 17.5 Å². The highest BCUT2D eigenvalue weighted by Crippen LogP contribution is 2.10. The molecule has 80 valence electrons. The van der Waals surface area contributed by atoms with Crippen LogP contribution in [0.2, 0.25) is 0 Å². The van der Waals surface area contributed by atoms with Crippen molar-refractivity contribution < 1.29 is 4.74 Å². The highest BCUT2D eigenvalue weighted by Gasteiger charge is 2.02. The minimum absolute atomic E-state index is 0.561. The Bertz CT molecular complexity index is 223. The Morgan fingerprint density at radius 3 is 3.07 bits per heavy atom. The fourth-order valence-electron chi connectivity index (χ4n) is 1.37. The number of ether oxygens (including phenoxy) is 1. The molecule has 1 heterocycles. The van der Waals surface area contributed by atoms with E-state index in [0.717, 1.165) is 26.0 Å². The van der Waals surface area contributed by atoms with Crippen LogP contribution in [0.1, 0.15) is 18.2 Å². The smallest absolute Gasteiger partial charge is 0.0474 e. The molecular formula is C11H19NOS. The van der Waals surface area contributed by atoms with Crippen LogP contribution >= 0.6 is 11.3 Å². The van der Waals surface area contributed by atoms with Crippen molar-refractivity contribution in [3.05, 3.63) is 22.4 Å². The zero-order valence-corrected chi connectivity index (χ0v) is 9.77. The van der Waals surface area contributed by atoms with Gasteiger partial charge in [-0.05, 0) is 37.8 Å². The van der Waals surface area contributed by atoms with E-state index in [9.17, 15) is 0 Å². The fraction of sp³-hybridized carbons (Fsp3) is 0.636. The summed E-state index contributed by atoms with van der Waals surface area (Å²) < 4.78 is 4.99. The SMILES string of the molecule is COCCCNC(C)Cc1cccs1. The first-order valence-electron chi connectivity index (χ1n) is 5.07. The van der Waals surface area contributed by atoms with E-state index in [1.165, 1.54) is 4.88 Å². The Balaban J connectivity index is 2.07. The molecule has 1 aromatic rings. The summed E-state index contributed by atoms with van der Waals surface area (Å²) in [5.74, 6) is 0. The number of thiophene rings is 1. The molecule has 1 unspecified atom stereocenters. The summed E-state index contributed by atoms with van der Waals surface area (Å²) >= 11 is 1.83. The minimum Gasteiger partial charge on any atom is -0.385 e. The molecule has 0 radical (unpaired) electrons. The van der Waals surface area contributed by atoms with Gasteiger partial charge in [-0.1, -0.05) is 6.07 Å². The van der Waals surface area contributed by atoms with Gasteiger partial charge in [-0.2, -0.15) is 0 Å². The molecule has 0 aliphatic rings. The second-order valence-electron chi connectivity index (χ2n) is 3.49. The highest BCUT2D eigenvalue weighted by atomic mass is 32.1. The third-order valence-electron chi connectivity index (χ3n) is 2.11. The van der Waals surface area contributed by atoms with Crippen molar-refractivity contribution in [1.82, 2.24) is 5.32 Å². The van der Waals surface area contributed by atoms with Gasteiger partial charge < -0.3 is 10.1 Å². The molecule has 0 aliphatic heterocycles. The van der Waals surface area contributed by atoms with Crippen LogP contribution in [0.3, 0.4) is 0 Å². The normalized spacial score (nSPS) is 13.0. The molecule has 3 heteroatoms. The van der Waals surface area contributed by atoms with E-state index in [0.29, 0.717) is 6.04 Å². The Morgan fingerprint density at radius 1 is 1.57 bits per heavy atom. The first-order valence-corrected chi connectivity index (χ1v) is 5.95. The lowest BCUT2D eigenvalue weighted by atomic mass is 10.2. The predicted molar refractivity (Wildman–Crippen MR) is 62.0 cm³/mol. The average molecular weight is 213 g/mol. The molecule has 0 fully saturated rings. The van der Waals surface area contributed by atoms with E-state index in [1.54, 1.807) is 7.11 Å². The lowest BCUT2D eigenvalue weighted by Crippen LogP contribution is -2.29. The van der Waals surface area contributed by atoms with Crippen molar-refractivity contribution in [3.63, 3.8) is 0 Å². The van der Waals surface area contributed by atoms with Crippen molar-refractivity contribution >= 4 is 11.3 Å². The van der Waals surface area contributed by atoms with E-state index >= 15 is 0 Å². The molecule has 1 rings (SSSR count). The molecule has 0 saturated carbocycles. The molecule has 0 amide bonds. The van der Waals surface area contributed by atoms with Gasteiger partial charge in [0.2, 0.25) is 0 Å². The van der Waals surface area contributed by atoms with Crippen LogP contribution in [0.4, 0.5) is 0 Å². The highest BCUT2D eigenvalue weighted by molar-refractivity contribution is 7.09. The van der Waals surface area contributed by atoms with Crippen molar-refractivity contribution in [1.29, 1.82) is 0 Å². The number of hydrogen-bond acceptors (Lipinski definition) is 3. The summed E-state index contributed by atoms with van der Waals surface area (Å²) in [6, 6.07) is 4.86. The first-order chi connectivity index (χ1) is 6.83. The van der Waals surface area contributed by atoms with Gasteiger partial charge in [-0.3, -0.25) is 0 Å². The van der Waals surface area contributed by atoms with Crippen LogP contribution in [0.5, 0.6) is 0 Å². The zero-order valence-electron chi connectivity index (χ0n) is 8.95. The van der Waals surface area contributed by atoms with Gasteiger partial charge in [-0.25, -0.2) is 0 Å². The number of nitrogens with one attached hydrogen (secondary N) is 1. The molecule has 0 aliphatic carbocycles. The quantitative estimate of drug-likeness (QED) is 0.702. The summed E-state index contributed by atoms with van der Waals surface area (Å²) in [4.78, 5) is 1.46. The lowest BCUT2D eigenvalue weighted by molar-refractivity contribution is 0.193. The standard InChI is InChI=1S/C11H19NOS/c1-10(12-6-4-7-13-2)9-11-5-3-8-14-11/h3,5,8,10,12H,4,6-7,9H2,1-2H3. The van der Waals surface area contributed by atoms with Crippen LogP contribution in [-0.4, -0.2) is 26.3 Å². The molecule has 2 nitrogen and oxygen atoms in total. The largest absolute Gasteiger partial charge is 0.385 e. The van der Waals surface area contributed by atoms with Gasteiger partial charge in [0, 0.05) is 24.6 Å². The Hall–Kier alpha value is -0.380. The maximum absolute atomic E-state index is 4.99. The number of hydrogen-bond donors (Lipinski definition) is 1. The Kier molecular flexibility index (Phi) is 5.83. The van der Waals surface area contributed by atoms with Crippen LogP contribution < -0.4 is 5.32 Å². The third-order valence-corrected chi connectivity index (χ3v) is 3.00. The van der Waals surface area contributed by atoms with Gasteiger partial charge in [0.1, 0.15) is 0 Å². The van der Waals surface area contributed by atoms with Crippen molar-refractivity contribution in [2.24, 2.45) is 0 Å². The average Bonchev–Trinajstić information content (AvgIpc) is 2.65. The monoisotopic (exact) mass is 213 g/mol.